The van der Waals surface area contributed by atoms with Gasteiger partial charge in [-0.05, 0) is 37.5 Å². The van der Waals surface area contributed by atoms with Gasteiger partial charge in [-0.1, -0.05) is 6.92 Å². The Hall–Kier alpha value is -3.20. The van der Waals surface area contributed by atoms with E-state index in [-0.39, 0.29) is 35.3 Å². The Morgan fingerprint density at radius 3 is 2.94 bits per heavy atom. The predicted octanol–water partition coefficient (Wildman–Crippen LogP) is 3.36. The highest BCUT2D eigenvalue weighted by atomic mass is 19.2. The molecule has 7 nitrogen and oxygen atoms in total. The van der Waals surface area contributed by atoms with Crippen molar-refractivity contribution in [2.24, 2.45) is 0 Å². The van der Waals surface area contributed by atoms with E-state index in [9.17, 15) is 13.6 Å². The summed E-state index contributed by atoms with van der Waals surface area (Å²) in [4.78, 5) is 19.6. The molecule has 2 atom stereocenters. The zero-order valence-corrected chi connectivity index (χ0v) is 18.5. The van der Waals surface area contributed by atoms with Gasteiger partial charge >= 0.3 is 0 Å². The number of ether oxygens (including phenoxy) is 1. The van der Waals surface area contributed by atoms with E-state index >= 15 is 0 Å². The number of anilines is 2. The minimum absolute atomic E-state index is 0.0487. The van der Waals surface area contributed by atoms with Crippen molar-refractivity contribution in [3.05, 3.63) is 58.0 Å². The minimum Gasteiger partial charge on any atom is -0.486 e. The third kappa shape index (κ3) is 3.90. The minimum atomic E-state index is -1.07. The van der Waals surface area contributed by atoms with Crippen LogP contribution in [0.15, 0.2) is 35.4 Å². The first-order valence-corrected chi connectivity index (χ1v) is 11.3. The molecule has 0 aliphatic carbocycles. The first-order chi connectivity index (χ1) is 16.0. The first-order valence-electron chi connectivity index (χ1n) is 11.3. The van der Waals surface area contributed by atoms with E-state index in [1.165, 1.54) is 0 Å². The molecule has 2 aromatic heterocycles. The molecule has 0 bridgehead atoms. The number of aromatic nitrogens is 2. The summed E-state index contributed by atoms with van der Waals surface area (Å²) >= 11 is 0. The lowest BCUT2D eigenvalue weighted by atomic mass is 10.0. The van der Waals surface area contributed by atoms with Gasteiger partial charge in [0.1, 0.15) is 12.4 Å². The fourth-order valence-corrected chi connectivity index (χ4v) is 4.82. The highest BCUT2D eigenvalue weighted by Crippen LogP contribution is 2.36. The number of nitrogens with zero attached hydrogens (tertiary/aromatic N) is 3. The van der Waals surface area contributed by atoms with Gasteiger partial charge in [0, 0.05) is 37.4 Å². The van der Waals surface area contributed by atoms with E-state index in [1.807, 2.05) is 17.6 Å². The van der Waals surface area contributed by atoms with Gasteiger partial charge in [-0.2, -0.15) is 4.39 Å². The molecule has 174 valence electrons. The molecule has 0 amide bonds. The Balaban J connectivity index is 1.41. The predicted molar refractivity (Wildman–Crippen MR) is 124 cm³/mol. The molecule has 1 fully saturated rings. The van der Waals surface area contributed by atoms with Crippen molar-refractivity contribution < 1.29 is 13.5 Å². The van der Waals surface area contributed by atoms with Gasteiger partial charge < -0.3 is 25.3 Å². The molecule has 2 unspecified atom stereocenters. The molecule has 1 aromatic carbocycles. The highest BCUT2D eigenvalue weighted by Gasteiger charge is 2.28. The fraction of sp³-hybridized carbons (Fsp3) is 0.417. The van der Waals surface area contributed by atoms with Crippen molar-refractivity contribution in [2.75, 3.05) is 30.3 Å². The molecule has 5 rings (SSSR count). The van der Waals surface area contributed by atoms with Crippen LogP contribution in [0.5, 0.6) is 5.75 Å². The van der Waals surface area contributed by atoms with Crippen molar-refractivity contribution in [1.29, 1.82) is 0 Å². The van der Waals surface area contributed by atoms with E-state index < -0.39 is 11.6 Å². The first kappa shape index (κ1) is 21.6. The maximum Gasteiger partial charge on any atom is 0.202 e. The van der Waals surface area contributed by atoms with Crippen LogP contribution in [0.25, 0.3) is 10.9 Å². The number of nitrogens with one attached hydrogen (secondary N) is 1. The van der Waals surface area contributed by atoms with Crippen LogP contribution < -0.4 is 26.1 Å². The zero-order valence-electron chi connectivity index (χ0n) is 18.5. The molecule has 3 N–H and O–H groups in total. The van der Waals surface area contributed by atoms with E-state index in [2.05, 4.69) is 15.2 Å². The summed E-state index contributed by atoms with van der Waals surface area (Å²) in [6.45, 7) is 4.30. The number of piperidine rings is 1. The Labute approximate surface area is 190 Å². The van der Waals surface area contributed by atoms with Gasteiger partial charge in [0.25, 0.3) is 0 Å². The summed E-state index contributed by atoms with van der Waals surface area (Å²) in [5, 5.41) is 3.65. The highest BCUT2D eigenvalue weighted by molar-refractivity contribution is 5.86. The number of pyridine rings is 2. The lowest BCUT2D eigenvalue weighted by Crippen LogP contribution is -2.46. The second-order valence-electron chi connectivity index (χ2n) is 8.77. The standard InChI is InChI=1S/C24H27F2N5O2/c1-2-16-13-33-24-21(26)19(25)8-18-22(24)31(16)11-14(23(18)32)9-28-15-4-3-7-30(12-15)17-5-6-20(27)29-10-17/h5-6,8,10-11,15-16,28H,2-4,7,9,12-13H2,1H3,(H2,27,29). The van der Waals surface area contributed by atoms with Gasteiger partial charge in [-0.3, -0.25) is 4.79 Å². The number of nitrogens with two attached hydrogens (primary N) is 1. The second kappa shape index (κ2) is 8.62. The molecular formula is C24H27F2N5O2. The molecule has 0 saturated carbocycles. The smallest absolute Gasteiger partial charge is 0.202 e. The third-order valence-corrected chi connectivity index (χ3v) is 6.66. The molecule has 2 aliphatic heterocycles. The van der Waals surface area contributed by atoms with Gasteiger partial charge in [-0.15, -0.1) is 0 Å². The van der Waals surface area contributed by atoms with Crippen molar-refractivity contribution in [1.82, 2.24) is 14.9 Å². The monoisotopic (exact) mass is 455 g/mol. The lowest BCUT2D eigenvalue weighted by Gasteiger charge is -2.35. The van der Waals surface area contributed by atoms with Gasteiger partial charge in [0.05, 0.1) is 28.8 Å². The molecule has 1 saturated heterocycles. The largest absolute Gasteiger partial charge is 0.486 e. The molecule has 0 spiro atoms. The van der Waals surface area contributed by atoms with Crippen molar-refractivity contribution >= 4 is 22.4 Å². The van der Waals surface area contributed by atoms with E-state index in [4.69, 9.17) is 10.5 Å². The summed E-state index contributed by atoms with van der Waals surface area (Å²) in [5.41, 5.74) is 7.28. The van der Waals surface area contributed by atoms with Crippen LogP contribution in [0.2, 0.25) is 0 Å². The normalized spacial score (nSPS) is 20.2. The average molecular weight is 456 g/mol. The lowest BCUT2D eigenvalue weighted by molar-refractivity contribution is 0.220. The molecule has 3 aromatic rings. The molecule has 33 heavy (non-hydrogen) atoms. The van der Waals surface area contributed by atoms with Gasteiger partial charge in [0.15, 0.2) is 17.0 Å². The Kier molecular flexibility index (Phi) is 5.65. The number of rotatable bonds is 5. The maximum atomic E-state index is 14.4. The van der Waals surface area contributed by atoms with Crippen LogP contribution in [-0.2, 0) is 6.54 Å². The van der Waals surface area contributed by atoms with E-state index in [0.29, 0.717) is 23.4 Å². The van der Waals surface area contributed by atoms with Crippen LogP contribution in [-0.4, -0.2) is 35.3 Å². The topological polar surface area (TPSA) is 85.4 Å². The van der Waals surface area contributed by atoms with Crippen LogP contribution in [0, 0.1) is 11.6 Å². The van der Waals surface area contributed by atoms with Gasteiger partial charge in [-0.25, -0.2) is 9.37 Å². The maximum absolute atomic E-state index is 14.4. The second-order valence-corrected chi connectivity index (χ2v) is 8.77. The van der Waals surface area contributed by atoms with Gasteiger partial charge in [0.2, 0.25) is 5.82 Å². The summed E-state index contributed by atoms with van der Waals surface area (Å²) in [7, 11) is 0. The number of halogens is 2. The number of nitrogen functional groups attached to an aromatic ring is 1. The number of hydrogen-bond donors (Lipinski definition) is 2. The van der Waals surface area contributed by atoms with Crippen LogP contribution in [0.4, 0.5) is 20.3 Å². The summed E-state index contributed by atoms with van der Waals surface area (Å²) in [5.74, 6) is -1.80. The zero-order chi connectivity index (χ0) is 23.1. The SMILES string of the molecule is CCC1COc2c(F)c(F)cc3c(=O)c(CNC4CCCN(c5ccc(N)nc5)C4)cn1c23. The molecule has 4 heterocycles. The summed E-state index contributed by atoms with van der Waals surface area (Å²) in [6.07, 6.45) is 6.29. The van der Waals surface area contributed by atoms with Crippen molar-refractivity contribution in [2.45, 2.75) is 44.8 Å². The third-order valence-electron chi connectivity index (χ3n) is 6.66. The fourth-order valence-electron chi connectivity index (χ4n) is 4.82. The van der Waals surface area contributed by atoms with E-state index in [0.717, 1.165) is 44.1 Å². The molecule has 2 aliphatic rings. The quantitative estimate of drug-likeness (QED) is 0.614. The van der Waals surface area contributed by atoms with Crippen molar-refractivity contribution in [3.63, 3.8) is 0 Å². The number of hydrogen-bond acceptors (Lipinski definition) is 6. The molecule has 9 heteroatoms. The number of benzene rings is 1. The summed E-state index contributed by atoms with van der Waals surface area (Å²) < 4.78 is 36.0. The van der Waals surface area contributed by atoms with Crippen LogP contribution in [0.1, 0.15) is 37.8 Å². The van der Waals surface area contributed by atoms with Crippen LogP contribution in [0.3, 0.4) is 0 Å². The molecular weight excluding hydrogens is 428 g/mol. The van der Waals surface area contributed by atoms with Crippen LogP contribution >= 0.6 is 0 Å². The van der Waals surface area contributed by atoms with E-state index in [1.54, 1.807) is 18.5 Å². The summed E-state index contributed by atoms with van der Waals surface area (Å²) in [6, 6.07) is 4.88. The van der Waals surface area contributed by atoms with Crippen molar-refractivity contribution in [3.8, 4) is 5.75 Å². The Morgan fingerprint density at radius 1 is 1.33 bits per heavy atom. The Morgan fingerprint density at radius 2 is 2.18 bits per heavy atom. The molecule has 0 radical (unpaired) electrons. The Bertz CT molecular complexity index is 1240. The average Bonchev–Trinajstić information content (AvgIpc) is 2.83.